The molecule has 1 aliphatic heterocycles. The number of pyridine rings is 1. The predicted molar refractivity (Wildman–Crippen MR) is 329 cm³/mol. The first-order valence-corrected chi connectivity index (χ1v) is 27.7. The minimum absolute atomic E-state index is 0. The van der Waals surface area contributed by atoms with E-state index in [9.17, 15) is 0 Å². The maximum atomic E-state index is 7.53. The van der Waals surface area contributed by atoms with Crippen molar-refractivity contribution in [2.45, 2.75) is 90.9 Å². The number of benzene rings is 9. The summed E-state index contributed by atoms with van der Waals surface area (Å²) in [7, 11) is 0. The molecule has 0 bridgehead atoms. The Kier molecular flexibility index (Phi) is 13.0. The van der Waals surface area contributed by atoms with Crippen LogP contribution >= 0.6 is 0 Å². The molecule has 0 saturated carbocycles. The fraction of sp³-hybridized carbons (Fsp3) is 0.189. The molecule has 400 valence electrons. The molecule has 0 saturated heterocycles. The molecule has 13 rings (SSSR count). The van der Waals surface area contributed by atoms with Gasteiger partial charge in [0.15, 0.2) is 0 Å². The molecule has 11 aromatic rings. The Bertz CT molecular complexity index is 4070. The summed E-state index contributed by atoms with van der Waals surface area (Å²) in [5.41, 5.74) is 19.2. The van der Waals surface area contributed by atoms with Gasteiger partial charge in [0.05, 0.1) is 0 Å². The maximum Gasteiger partial charge on any atom is 0.135 e. The Labute approximate surface area is 486 Å². The molecule has 5 nitrogen and oxygen atoms in total. The van der Waals surface area contributed by atoms with E-state index in [2.05, 4.69) is 303 Å². The van der Waals surface area contributed by atoms with Crippen LogP contribution in [-0.4, -0.2) is 9.55 Å². The van der Waals surface area contributed by atoms with Crippen molar-refractivity contribution >= 4 is 44.6 Å². The van der Waals surface area contributed by atoms with E-state index in [-0.39, 0.29) is 37.3 Å². The van der Waals surface area contributed by atoms with Crippen LogP contribution in [0.5, 0.6) is 11.5 Å². The van der Waals surface area contributed by atoms with Gasteiger partial charge in [-0.3, -0.25) is 0 Å². The van der Waals surface area contributed by atoms with Crippen LogP contribution in [0.25, 0.3) is 61.0 Å². The number of aromatic nitrogens is 2. The van der Waals surface area contributed by atoms with Crippen LogP contribution in [0.15, 0.2) is 206 Å². The second-order valence-corrected chi connectivity index (χ2v) is 24.7. The number of ether oxygens (including phenoxy) is 1. The SMILES string of the molecule is CC(C)(C)c1ccnc(-n2c3[c-]c(Oc4[c-]c(N5[CH-]N(c6c(-c7ccccc7)cc(C(C)(C)C)cc6-c6ccccc6)c6ccccc65)cc(C5(C)c6ccccc6-c6ccccc65)c4)c(C(C)(C)C)cc3c3ccccc32)c1.[Pt]. The average molecular weight is 1220 g/mol. The van der Waals surface area contributed by atoms with Gasteiger partial charge in [-0.1, -0.05) is 213 Å². The van der Waals surface area contributed by atoms with Gasteiger partial charge in [0.2, 0.25) is 0 Å². The summed E-state index contributed by atoms with van der Waals surface area (Å²) in [6.45, 7) is 25.1. The molecular weight excluding hydrogens is 1160 g/mol. The number of para-hydroxylation sites is 3. The van der Waals surface area contributed by atoms with Crippen LogP contribution in [0.3, 0.4) is 0 Å². The smallest absolute Gasteiger partial charge is 0.135 e. The second-order valence-electron chi connectivity index (χ2n) is 24.7. The van der Waals surface area contributed by atoms with Crippen molar-refractivity contribution < 1.29 is 25.8 Å². The van der Waals surface area contributed by atoms with Crippen molar-refractivity contribution in [3.63, 3.8) is 0 Å². The standard InChI is InChI=1S/C74H65N4O.Pt/c1-71(2,3)50-37-38-75-69(43-50)78-64-34-22-19-31-57(64)60-45-63(73(7,8)9)68(46-67(60)78)79-54-40-52(74(10)61-32-20-17-29-55(61)56-30-18-21-33-62(56)74)39-53(44-54)76-47-77(66-36-24-23-35-65(66)76)70-58(48-25-13-11-14-26-48)41-51(72(4,5)6)42-59(70)49-27-15-12-16-28-49;/h11-43,45,47H,1-10H3;/q-3;. The van der Waals surface area contributed by atoms with Crippen molar-refractivity contribution in [1.29, 1.82) is 0 Å². The molecule has 2 aromatic heterocycles. The average Bonchev–Trinajstić information content (AvgIpc) is 4.14. The number of nitrogens with zero attached hydrogens (tertiary/aromatic N) is 4. The van der Waals surface area contributed by atoms with Crippen LogP contribution < -0.4 is 14.5 Å². The van der Waals surface area contributed by atoms with Crippen molar-refractivity contribution in [2.24, 2.45) is 0 Å². The summed E-state index contributed by atoms with van der Waals surface area (Å²) in [5, 5.41) is 2.24. The molecule has 2 aliphatic rings. The first-order valence-electron chi connectivity index (χ1n) is 27.7. The molecule has 6 heteroatoms. The third-order valence-electron chi connectivity index (χ3n) is 16.4. The summed E-state index contributed by atoms with van der Waals surface area (Å²) in [5.74, 6) is 2.10. The Morgan fingerprint density at radius 2 is 1.05 bits per heavy atom. The van der Waals surface area contributed by atoms with E-state index in [0.29, 0.717) is 11.5 Å². The van der Waals surface area contributed by atoms with Crippen LogP contribution in [0, 0.1) is 18.8 Å². The molecule has 0 radical (unpaired) electrons. The number of fused-ring (bicyclic) bond motifs is 7. The van der Waals surface area contributed by atoms with Crippen molar-refractivity contribution in [3.05, 3.63) is 259 Å². The van der Waals surface area contributed by atoms with Crippen LogP contribution in [0.4, 0.5) is 22.7 Å². The first kappa shape index (κ1) is 52.7. The van der Waals surface area contributed by atoms with E-state index in [1.54, 1.807) is 0 Å². The van der Waals surface area contributed by atoms with Gasteiger partial charge < -0.3 is 19.1 Å². The molecule has 0 atom stereocenters. The van der Waals surface area contributed by atoms with E-state index in [0.717, 1.165) is 83.8 Å². The Balaban J connectivity index is 0.00000637. The molecular formula is C74H65N4OPt-3. The fourth-order valence-corrected chi connectivity index (χ4v) is 12.2. The van der Waals surface area contributed by atoms with E-state index >= 15 is 0 Å². The quantitative estimate of drug-likeness (QED) is 0.142. The van der Waals surface area contributed by atoms with E-state index in [4.69, 9.17) is 9.72 Å². The zero-order valence-corrected chi connectivity index (χ0v) is 49.5. The van der Waals surface area contributed by atoms with E-state index < -0.39 is 5.41 Å². The molecule has 1 aliphatic carbocycles. The Morgan fingerprint density at radius 1 is 0.500 bits per heavy atom. The largest absolute Gasteiger partial charge is 0.509 e. The van der Waals surface area contributed by atoms with Gasteiger partial charge in [-0.05, 0) is 110 Å². The maximum absolute atomic E-state index is 7.53. The first-order chi connectivity index (χ1) is 37.9. The van der Waals surface area contributed by atoms with Crippen molar-refractivity contribution in [1.82, 2.24) is 9.55 Å². The summed E-state index contributed by atoms with van der Waals surface area (Å²) in [6.07, 6.45) is 1.93. The monoisotopic (exact) mass is 1220 g/mol. The zero-order chi connectivity index (χ0) is 54.6. The third kappa shape index (κ3) is 8.86. The van der Waals surface area contributed by atoms with Gasteiger partial charge in [0, 0.05) is 77.9 Å². The molecule has 0 unspecified atom stereocenters. The Morgan fingerprint density at radius 3 is 1.65 bits per heavy atom. The van der Waals surface area contributed by atoms with Gasteiger partial charge in [0.1, 0.15) is 5.82 Å². The van der Waals surface area contributed by atoms with Crippen molar-refractivity contribution in [2.75, 3.05) is 9.80 Å². The second kappa shape index (κ2) is 19.7. The molecule has 0 N–H and O–H groups in total. The zero-order valence-electron chi connectivity index (χ0n) is 47.2. The molecule has 9 aromatic carbocycles. The van der Waals surface area contributed by atoms with Crippen molar-refractivity contribution in [3.8, 4) is 50.7 Å². The van der Waals surface area contributed by atoms with Crippen LogP contribution in [0.2, 0.25) is 0 Å². The molecule has 3 heterocycles. The normalized spacial score (nSPS) is 13.8. The molecule has 0 spiro atoms. The molecule has 80 heavy (non-hydrogen) atoms. The Hall–Kier alpha value is -7.98. The van der Waals surface area contributed by atoms with Crippen LogP contribution in [-0.2, 0) is 42.7 Å². The molecule has 0 fully saturated rings. The molecule has 0 amide bonds. The van der Waals surface area contributed by atoms with Gasteiger partial charge in [-0.25, -0.2) is 4.98 Å². The summed E-state index contributed by atoms with van der Waals surface area (Å²) >= 11 is 0. The number of anilines is 4. The van der Waals surface area contributed by atoms with E-state index in [1.807, 2.05) is 6.20 Å². The summed E-state index contributed by atoms with van der Waals surface area (Å²) < 4.78 is 9.78. The minimum atomic E-state index is -0.547. The number of hydrogen-bond acceptors (Lipinski definition) is 4. The van der Waals surface area contributed by atoms with E-state index in [1.165, 1.54) is 33.4 Å². The fourth-order valence-electron chi connectivity index (χ4n) is 12.2. The topological polar surface area (TPSA) is 33.5 Å². The predicted octanol–water partition coefficient (Wildman–Crippen LogP) is 19.5. The number of rotatable bonds is 8. The van der Waals surface area contributed by atoms with Gasteiger partial charge >= 0.3 is 0 Å². The minimum Gasteiger partial charge on any atom is -0.509 e. The van der Waals surface area contributed by atoms with Crippen LogP contribution in [0.1, 0.15) is 103 Å². The summed E-state index contributed by atoms with van der Waals surface area (Å²) in [4.78, 5) is 9.74. The third-order valence-corrected chi connectivity index (χ3v) is 16.4. The number of hydrogen-bond donors (Lipinski definition) is 0. The summed E-state index contributed by atoms with van der Waals surface area (Å²) in [6, 6.07) is 80.7. The van der Waals surface area contributed by atoms with Gasteiger partial charge in [-0.15, -0.1) is 53.1 Å². The van der Waals surface area contributed by atoms with Gasteiger partial charge in [-0.2, -0.15) is 6.07 Å². The van der Waals surface area contributed by atoms with Gasteiger partial charge in [0.25, 0.3) is 0 Å².